The van der Waals surface area contributed by atoms with E-state index in [1.165, 1.54) is 0 Å². The summed E-state index contributed by atoms with van der Waals surface area (Å²) in [7, 11) is 0. The highest BCUT2D eigenvalue weighted by Crippen LogP contribution is 2.29. The predicted octanol–water partition coefficient (Wildman–Crippen LogP) is 3.03. The van der Waals surface area contributed by atoms with Crippen LogP contribution in [0.5, 0.6) is 11.5 Å². The molecule has 1 amide bonds. The van der Waals surface area contributed by atoms with E-state index in [-0.39, 0.29) is 18.0 Å². The van der Waals surface area contributed by atoms with Crippen molar-refractivity contribution in [1.82, 2.24) is 10.6 Å². The summed E-state index contributed by atoms with van der Waals surface area (Å²) in [6.45, 7) is 4.05. The Hall–Kier alpha value is -2.37. The number of amides is 1. The van der Waals surface area contributed by atoms with Crippen molar-refractivity contribution < 1.29 is 14.3 Å². The molecule has 2 atom stereocenters. The first-order chi connectivity index (χ1) is 12.2. The molecule has 3 rings (SSSR count). The second-order valence-corrected chi connectivity index (χ2v) is 6.17. The van der Waals surface area contributed by atoms with E-state index >= 15 is 0 Å². The highest BCUT2D eigenvalue weighted by atomic mass is 16.5. The quantitative estimate of drug-likeness (QED) is 0.849. The van der Waals surface area contributed by atoms with Gasteiger partial charge in [-0.25, -0.2) is 0 Å². The first-order valence-electron chi connectivity index (χ1n) is 8.64. The van der Waals surface area contributed by atoms with Crippen molar-refractivity contribution in [2.75, 3.05) is 19.8 Å². The summed E-state index contributed by atoms with van der Waals surface area (Å²) in [5.41, 5.74) is 0.951. The molecule has 2 aromatic rings. The molecule has 0 bridgehead atoms. The molecule has 5 nitrogen and oxygen atoms in total. The van der Waals surface area contributed by atoms with Gasteiger partial charge in [-0.05, 0) is 25.1 Å². The number of benzene rings is 2. The fraction of sp³-hybridized carbons (Fsp3) is 0.350. The zero-order chi connectivity index (χ0) is 17.5. The van der Waals surface area contributed by atoms with Crippen LogP contribution in [0.3, 0.4) is 0 Å². The Labute approximate surface area is 148 Å². The van der Waals surface area contributed by atoms with Gasteiger partial charge in [-0.15, -0.1) is 0 Å². The van der Waals surface area contributed by atoms with Crippen LogP contribution in [-0.4, -0.2) is 31.7 Å². The van der Waals surface area contributed by atoms with Gasteiger partial charge in [0.05, 0.1) is 19.3 Å². The molecule has 0 saturated carbocycles. The van der Waals surface area contributed by atoms with Crippen LogP contribution in [0.2, 0.25) is 0 Å². The lowest BCUT2D eigenvalue weighted by molar-refractivity contribution is -0.122. The average Bonchev–Trinajstić information content (AvgIpc) is 2.63. The van der Waals surface area contributed by atoms with Crippen LogP contribution >= 0.6 is 0 Å². The van der Waals surface area contributed by atoms with Crippen LogP contribution in [0.15, 0.2) is 54.6 Å². The van der Waals surface area contributed by atoms with Crippen LogP contribution < -0.4 is 15.4 Å². The zero-order valence-electron chi connectivity index (χ0n) is 14.4. The minimum Gasteiger partial charge on any atom is -0.457 e. The van der Waals surface area contributed by atoms with E-state index in [2.05, 4.69) is 10.6 Å². The molecule has 0 aromatic heterocycles. The van der Waals surface area contributed by atoms with Crippen molar-refractivity contribution >= 4 is 5.91 Å². The van der Waals surface area contributed by atoms with Crippen LogP contribution in [0.4, 0.5) is 0 Å². The number of morpholine rings is 1. The highest BCUT2D eigenvalue weighted by molar-refractivity contribution is 5.77. The van der Waals surface area contributed by atoms with Crippen LogP contribution in [0.1, 0.15) is 24.9 Å². The number of carbonyl (C=O) groups excluding carboxylic acids is 1. The molecule has 5 heteroatoms. The SMILES string of the molecule is CC(NC(=O)CC1COCCN1)c1ccccc1Oc1ccccc1. The molecule has 1 saturated heterocycles. The lowest BCUT2D eigenvalue weighted by atomic mass is 10.1. The summed E-state index contributed by atoms with van der Waals surface area (Å²) in [5, 5.41) is 6.35. The van der Waals surface area contributed by atoms with E-state index in [9.17, 15) is 4.79 Å². The molecule has 1 heterocycles. The molecule has 2 unspecified atom stereocenters. The Morgan fingerprint density at radius 1 is 1.24 bits per heavy atom. The molecule has 132 valence electrons. The number of carbonyl (C=O) groups is 1. The minimum absolute atomic E-state index is 0.00464. The van der Waals surface area contributed by atoms with Crippen LogP contribution in [0, 0.1) is 0 Å². The maximum Gasteiger partial charge on any atom is 0.222 e. The Kier molecular flexibility index (Phi) is 6.04. The van der Waals surface area contributed by atoms with Gasteiger partial charge in [0.25, 0.3) is 0 Å². The molecule has 25 heavy (non-hydrogen) atoms. The minimum atomic E-state index is -0.142. The van der Waals surface area contributed by atoms with Crippen molar-refractivity contribution in [3.8, 4) is 11.5 Å². The summed E-state index contributed by atoms with van der Waals surface area (Å²) in [4.78, 5) is 12.3. The first kappa shape index (κ1) is 17.5. The molecule has 2 aromatic carbocycles. The third-order valence-corrected chi connectivity index (χ3v) is 4.16. The van der Waals surface area contributed by atoms with Gasteiger partial charge in [-0.1, -0.05) is 36.4 Å². The van der Waals surface area contributed by atoms with Gasteiger partial charge in [0.15, 0.2) is 0 Å². The molecule has 0 radical (unpaired) electrons. The fourth-order valence-electron chi connectivity index (χ4n) is 2.90. The molecule has 0 aliphatic carbocycles. The topological polar surface area (TPSA) is 59.6 Å². The third kappa shape index (κ3) is 5.05. The molecular weight excluding hydrogens is 316 g/mol. The van der Waals surface area contributed by atoms with E-state index in [4.69, 9.17) is 9.47 Å². The Bertz CT molecular complexity index is 684. The molecule has 2 N–H and O–H groups in total. The summed E-state index contributed by atoms with van der Waals surface area (Å²) in [6, 6.07) is 17.4. The lowest BCUT2D eigenvalue weighted by Crippen LogP contribution is -2.44. The average molecular weight is 340 g/mol. The van der Waals surface area contributed by atoms with Crippen LogP contribution in [0.25, 0.3) is 0 Å². The fourth-order valence-corrected chi connectivity index (χ4v) is 2.90. The number of nitrogens with one attached hydrogen (secondary N) is 2. The van der Waals surface area contributed by atoms with Gasteiger partial charge in [-0.3, -0.25) is 4.79 Å². The second kappa shape index (κ2) is 8.65. The lowest BCUT2D eigenvalue weighted by Gasteiger charge is -2.24. The van der Waals surface area contributed by atoms with Gasteiger partial charge in [0.2, 0.25) is 5.91 Å². The number of hydrogen-bond acceptors (Lipinski definition) is 4. The van der Waals surface area contributed by atoms with Gasteiger partial charge in [0.1, 0.15) is 11.5 Å². The van der Waals surface area contributed by atoms with Crippen molar-refractivity contribution in [2.45, 2.75) is 25.4 Å². The summed E-state index contributed by atoms with van der Waals surface area (Å²) < 4.78 is 11.4. The standard InChI is InChI=1S/C20H24N2O3/c1-15(22-20(23)13-16-14-24-12-11-21-16)18-9-5-6-10-19(18)25-17-7-3-2-4-8-17/h2-10,15-16,21H,11-14H2,1H3,(H,22,23). The number of hydrogen-bond donors (Lipinski definition) is 2. The Morgan fingerprint density at radius 3 is 2.76 bits per heavy atom. The number of ether oxygens (including phenoxy) is 2. The number of para-hydroxylation sites is 2. The third-order valence-electron chi connectivity index (χ3n) is 4.16. The smallest absolute Gasteiger partial charge is 0.222 e. The van der Waals surface area contributed by atoms with E-state index in [0.29, 0.717) is 19.6 Å². The monoisotopic (exact) mass is 340 g/mol. The van der Waals surface area contributed by atoms with E-state index in [0.717, 1.165) is 23.6 Å². The van der Waals surface area contributed by atoms with Crippen molar-refractivity contribution in [1.29, 1.82) is 0 Å². The molecule has 1 aliphatic rings. The van der Waals surface area contributed by atoms with Gasteiger partial charge >= 0.3 is 0 Å². The molecule has 1 aliphatic heterocycles. The van der Waals surface area contributed by atoms with Gasteiger partial charge < -0.3 is 20.1 Å². The van der Waals surface area contributed by atoms with E-state index in [1.807, 2.05) is 61.5 Å². The summed E-state index contributed by atoms with van der Waals surface area (Å²) >= 11 is 0. The Morgan fingerprint density at radius 2 is 2.00 bits per heavy atom. The molecule has 1 fully saturated rings. The van der Waals surface area contributed by atoms with Gasteiger partial charge in [-0.2, -0.15) is 0 Å². The highest BCUT2D eigenvalue weighted by Gasteiger charge is 2.19. The Balaban J connectivity index is 1.63. The van der Waals surface area contributed by atoms with Crippen molar-refractivity contribution in [3.05, 3.63) is 60.2 Å². The largest absolute Gasteiger partial charge is 0.457 e. The van der Waals surface area contributed by atoms with Gasteiger partial charge in [0, 0.05) is 24.6 Å². The zero-order valence-corrected chi connectivity index (χ0v) is 14.4. The van der Waals surface area contributed by atoms with E-state index < -0.39 is 0 Å². The summed E-state index contributed by atoms with van der Waals surface area (Å²) in [5.74, 6) is 1.53. The normalized spacial score (nSPS) is 18.4. The van der Waals surface area contributed by atoms with Crippen molar-refractivity contribution in [2.24, 2.45) is 0 Å². The molecular formula is C20H24N2O3. The second-order valence-electron chi connectivity index (χ2n) is 6.17. The maximum absolute atomic E-state index is 12.3. The predicted molar refractivity (Wildman–Crippen MR) is 96.7 cm³/mol. The number of rotatable bonds is 6. The van der Waals surface area contributed by atoms with E-state index in [1.54, 1.807) is 0 Å². The van der Waals surface area contributed by atoms with Crippen LogP contribution in [-0.2, 0) is 9.53 Å². The van der Waals surface area contributed by atoms with Crippen molar-refractivity contribution in [3.63, 3.8) is 0 Å². The summed E-state index contributed by atoms with van der Waals surface area (Å²) in [6.07, 6.45) is 0.409. The maximum atomic E-state index is 12.3. The first-order valence-corrected chi connectivity index (χ1v) is 8.64. The molecule has 0 spiro atoms.